The average Bonchev–Trinajstić information content (AvgIpc) is 2.32. The van der Waals surface area contributed by atoms with Crippen LogP contribution in [0.2, 0.25) is 10.2 Å². The summed E-state index contributed by atoms with van der Waals surface area (Å²) >= 11 is 11.6. The molecule has 0 bridgehead atoms. The van der Waals surface area contributed by atoms with E-state index in [1.54, 1.807) is 18.2 Å². The van der Waals surface area contributed by atoms with E-state index in [0.29, 0.717) is 16.4 Å². The van der Waals surface area contributed by atoms with Crippen molar-refractivity contribution in [1.29, 1.82) is 0 Å². The molecule has 0 spiro atoms. The monoisotopic (exact) mass is 281 g/mol. The van der Waals surface area contributed by atoms with Crippen molar-refractivity contribution in [2.75, 3.05) is 5.32 Å². The minimum Gasteiger partial charge on any atom is -0.305 e. The second kappa shape index (κ2) is 5.33. The SMILES string of the molecule is Cc1cc(C(=O)Nc2cncc(Cl)n2)ccc1Cl. The van der Waals surface area contributed by atoms with E-state index >= 15 is 0 Å². The molecule has 0 atom stereocenters. The van der Waals surface area contributed by atoms with Crippen LogP contribution in [-0.4, -0.2) is 15.9 Å². The number of halogens is 2. The highest BCUT2D eigenvalue weighted by Gasteiger charge is 2.08. The number of hydrogen-bond acceptors (Lipinski definition) is 3. The second-order valence-electron chi connectivity index (χ2n) is 3.65. The molecular formula is C12H9Cl2N3O. The molecule has 6 heteroatoms. The molecule has 0 aliphatic heterocycles. The first-order valence-corrected chi connectivity index (χ1v) is 5.87. The Labute approximate surface area is 114 Å². The molecule has 1 amide bonds. The Hall–Kier alpha value is -1.65. The molecule has 92 valence electrons. The predicted molar refractivity (Wildman–Crippen MR) is 71.2 cm³/mol. The van der Waals surface area contributed by atoms with E-state index in [9.17, 15) is 4.79 Å². The van der Waals surface area contributed by atoms with Gasteiger partial charge in [0.15, 0.2) is 5.82 Å². The molecule has 2 aromatic rings. The number of hydrogen-bond donors (Lipinski definition) is 1. The standard InChI is InChI=1S/C12H9Cl2N3O/c1-7-4-8(2-3-9(7)13)12(18)17-11-6-15-5-10(14)16-11/h2-6H,1H3,(H,16,17,18). The van der Waals surface area contributed by atoms with Crippen LogP contribution in [0.1, 0.15) is 15.9 Å². The minimum atomic E-state index is -0.286. The number of carbonyl (C=O) groups is 1. The van der Waals surface area contributed by atoms with E-state index in [-0.39, 0.29) is 11.1 Å². The Bertz CT molecular complexity index is 602. The quantitative estimate of drug-likeness (QED) is 0.919. The van der Waals surface area contributed by atoms with E-state index in [0.717, 1.165) is 5.56 Å². The molecule has 0 saturated carbocycles. The maximum Gasteiger partial charge on any atom is 0.256 e. The number of aryl methyl sites for hydroxylation is 1. The predicted octanol–water partition coefficient (Wildman–Crippen LogP) is 3.34. The number of benzene rings is 1. The maximum absolute atomic E-state index is 11.9. The number of nitrogens with zero attached hydrogens (tertiary/aromatic N) is 2. The summed E-state index contributed by atoms with van der Waals surface area (Å²) < 4.78 is 0. The van der Waals surface area contributed by atoms with Crippen molar-refractivity contribution in [2.45, 2.75) is 6.92 Å². The van der Waals surface area contributed by atoms with Crippen molar-refractivity contribution >= 4 is 34.9 Å². The maximum atomic E-state index is 11.9. The van der Waals surface area contributed by atoms with Gasteiger partial charge in [-0.25, -0.2) is 4.98 Å². The third kappa shape index (κ3) is 2.97. The Kier molecular flexibility index (Phi) is 3.79. The van der Waals surface area contributed by atoms with E-state index in [2.05, 4.69) is 15.3 Å². The van der Waals surface area contributed by atoms with Crippen molar-refractivity contribution in [3.05, 3.63) is 51.9 Å². The summed E-state index contributed by atoms with van der Waals surface area (Å²) in [7, 11) is 0. The lowest BCUT2D eigenvalue weighted by atomic mass is 10.1. The first kappa shape index (κ1) is 12.8. The van der Waals surface area contributed by atoms with Crippen LogP contribution in [0.15, 0.2) is 30.6 Å². The lowest BCUT2D eigenvalue weighted by Crippen LogP contribution is -2.13. The van der Waals surface area contributed by atoms with E-state index in [1.165, 1.54) is 12.4 Å². The number of anilines is 1. The zero-order chi connectivity index (χ0) is 13.1. The summed E-state index contributed by atoms with van der Waals surface area (Å²) in [5.74, 6) is 0.0198. The molecule has 4 nitrogen and oxygen atoms in total. The van der Waals surface area contributed by atoms with Gasteiger partial charge in [-0.15, -0.1) is 0 Å². The van der Waals surface area contributed by atoms with Gasteiger partial charge in [0.25, 0.3) is 5.91 Å². The summed E-state index contributed by atoms with van der Waals surface area (Å²) in [6.45, 7) is 1.83. The lowest BCUT2D eigenvalue weighted by molar-refractivity contribution is 0.102. The number of aromatic nitrogens is 2. The van der Waals surface area contributed by atoms with Gasteiger partial charge in [-0.2, -0.15) is 0 Å². The van der Waals surface area contributed by atoms with Crippen molar-refractivity contribution in [2.24, 2.45) is 0 Å². The average molecular weight is 282 g/mol. The van der Waals surface area contributed by atoms with Crippen LogP contribution in [0, 0.1) is 6.92 Å². The highest BCUT2D eigenvalue weighted by Crippen LogP contribution is 2.17. The van der Waals surface area contributed by atoms with Crippen LogP contribution in [-0.2, 0) is 0 Å². The number of nitrogens with one attached hydrogen (secondary N) is 1. The molecule has 1 N–H and O–H groups in total. The summed E-state index contributed by atoms with van der Waals surface area (Å²) in [5, 5.41) is 3.45. The molecule has 0 radical (unpaired) electrons. The Morgan fingerprint density at radius 2 is 2.06 bits per heavy atom. The summed E-state index contributed by atoms with van der Waals surface area (Å²) in [4.78, 5) is 19.7. The smallest absolute Gasteiger partial charge is 0.256 e. The first-order valence-electron chi connectivity index (χ1n) is 5.11. The molecule has 0 unspecified atom stereocenters. The van der Waals surface area contributed by atoms with Crippen molar-refractivity contribution in [3.8, 4) is 0 Å². The van der Waals surface area contributed by atoms with Gasteiger partial charge in [-0.3, -0.25) is 9.78 Å². The minimum absolute atomic E-state index is 0.222. The summed E-state index contributed by atoms with van der Waals surface area (Å²) in [5.41, 5.74) is 1.33. The molecule has 1 heterocycles. The zero-order valence-corrected chi connectivity index (χ0v) is 11.0. The fraction of sp³-hybridized carbons (Fsp3) is 0.0833. The Balaban J connectivity index is 2.19. The number of carbonyl (C=O) groups excluding carboxylic acids is 1. The highest BCUT2D eigenvalue weighted by atomic mass is 35.5. The number of rotatable bonds is 2. The molecule has 18 heavy (non-hydrogen) atoms. The Morgan fingerprint density at radius 3 is 2.72 bits per heavy atom. The van der Waals surface area contributed by atoms with Gasteiger partial charge < -0.3 is 5.32 Å². The Morgan fingerprint density at radius 1 is 1.28 bits per heavy atom. The van der Waals surface area contributed by atoms with E-state index < -0.39 is 0 Å². The highest BCUT2D eigenvalue weighted by molar-refractivity contribution is 6.31. The molecule has 0 aliphatic rings. The van der Waals surface area contributed by atoms with Crippen LogP contribution >= 0.6 is 23.2 Å². The lowest BCUT2D eigenvalue weighted by Gasteiger charge is -2.05. The third-order valence-electron chi connectivity index (χ3n) is 2.27. The molecular weight excluding hydrogens is 273 g/mol. The molecule has 1 aromatic carbocycles. The normalized spacial score (nSPS) is 10.2. The van der Waals surface area contributed by atoms with E-state index in [1.807, 2.05) is 6.92 Å². The molecule has 1 aromatic heterocycles. The van der Waals surface area contributed by atoms with Crippen LogP contribution in [0.25, 0.3) is 0 Å². The fourth-order valence-corrected chi connectivity index (χ4v) is 1.64. The van der Waals surface area contributed by atoms with E-state index in [4.69, 9.17) is 23.2 Å². The second-order valence-corrected chi connectivity index (χ2v) is 4.44. The van der Waals surface area contributed by atoms with Gasteiger partial charge in [-0.05, 0) is 30.7 Å². The topological polar surface area (TPSA) is 54.9 Å². The van der Waals surface area contributed by atoms with Gasteiger partial charge in [0.1, 0.15) is 5.15 Å². The van der Waals surface area contributed by atoms with Crippen LogP contribution < -0.4 is 5.32 Å². The van der Waals surface area contributed by atoms with Crippen molar-refractivity contribution in [1.82, 2.24) is 9.97 Å². The van der Waals surface area contributed by atoms with Gasteiger partial charge in [0, 0.05) is 10.6 Å². The third-order valence-corrected chi connectivity index (χ3v) is 2.87. The van der Waals surface area contributed by atoms with Crippen molar-refractivity contribution < 1.29 is 4.79 Å². The van der Waals surface area contributed by atoms with Gasteiger partial charge in [-0.1, -0.05) is 23.2 Å². The number of amides is 1. The summed E-state index contributed by atoms with van der Waals surface area (Å²) in [6.07, 6.45) is 2.82. The van der Waals surface area contributed by atoms with Gasteiger partial charge in [0.05, 0.1) is 12.4 Å². The van der Waals surface area contributed by atoms with Gasteiger partial charge >= 0.3 is 0 Å². The van der Waals surface area contributed by atoms with Crippen LogP contribution in [0.4, 0.5) is 5.82 Å². The molecule has 2 rings (SSSR count). The van der Waals surface area contributed by atoms with Gasteiger partial charge in [0.2, 0.25) is 0 Å². The van der Waals surface area contributed by atoms with Crippen molar-refractivity contribution in [3.63, 3.8) is 0 Å². The molecule has 0 aliphatic carbocycles. The summed E-state index contributed by atoms with van der Waals surface area (Å²) in [6, 6.07) is 5.02. The first-order chi connectivity index (χ1) is 8.56. The largest absolute Gasteiger partial charge is 0.305 e. The fourth-order valence-electron chi connectivity index (χ4n) is 1.38. The molecule has 0 fully saturated rings. The van der Waals surface area contributed by atoms with Crippen LogP contribution in [0.5, 0.6) is 0 Å². The zero-order valence-electron chi connectivity index (χ0n) is 9.45. The molecule has 0 saturated heterocycles. The van der Waals surface area contributed by atoms with Crippen LogP contribution in [0.3, 0.4) is 0 Å².